The lowest BCUT2D eigenvalue weighted by Gasteiger charge is -2.25. The first-order valence-electron chi connectivity index (χ1n) is 8.76. The highest BCUT2D eigenvalue weighted by atomic mass is 35.5. The minimum Gasteiger partial charge on any atom is -0.492 e. The van der Waals surface area contributed by atoms with Crippen LogP contribution in [0.1, 0.15) is 18.4 Å². The lowest BCUT2D eigenvalue weighted by molar-refractivity contribution is -0.121. The molecule has 1 unspecified atom stereocenters. The number of hydrogen-bond acceptors (Lipinski definition) is 3. The average Bonchev–Trinajstić information content (AvgIpc) is 3.16. The first-order valence-corrected chi connectivity index (χ1v) is 9.14. The van der Waals surface area contributed by atoms with Gasteiger partial charge in [0, 0.05) is 29.5 Å². The summed E-state index contributed by atoms with van der Waals surface area (Å²) in [6, 6.07) is 13.6. The molecule has 2 heterocycles. The highest BCUT2D eigenvalue weighted by Crippen LogP contribution is 2.30. The Hall–Kier alpha value is -2.20. The predicted octanol–water partition coefficient (Wildman–Crippen LogP) is 4.13. The molecule has 0 spiro atoms. The Balaban J connectivity index is 1.40. The third-order valence-electron chi connectivity index (χ3n) is 4.91. The lowest BCUT2D eigenvalue weighted by Crippen LogP contribution is -2.32. The molecule has 4 nitrogen and oxygen atoms in total. The molecular weight excluding hydrogens is 336 g/mol. The first-order chi connectivity index (χ1) is 12.2. The van der Waals surface area contributed by atoms with Gasteiger partial charge < -0.3 is 15.0 Å². The molecule has 0 radical (unpaired) electrons. The van der Waals surface area contributed by atoms with Gasteiger partial charge >= 0.3 is 0 Å². The highest BCUT2D eigenvalue weighted by Gasteiger charge is 2.26. The number of hydrogen-bond donors (Lipinski definition) is 1. The van der Waals surface area contributed by atoms with Crippen LogP contribution in [0.15, 0.2) is 42.5 Å². The van der Waals surface area contributed by atoms with Crippen LogP contribution >= 0.6 is 11.6 Å². The van der Waals surface area contributed by atoms with Gasteiger partial charge in [-0.1, -0.05) is 11.6 Å². The van der Waals surface area contributed by atoms with Gasteiger partial charge in [0.1, 0.15) is 12.4 Å². The molecule has 1 atom stereocenters. The van der Waals surface area contributed by atoms with Crippen molar-refractivity contribution < 1.29 is 9.53 Å². The van der Waals surface area contributed by atoms with Crippen molar-refractivity contribution in [2.75, 3.05) is 29.9 Å². The number of carbonyl (C=O) groups is 1. The van der Waals surface area contributed by atoms with E-state index in [9.17, 15) is 4.79 Å². The summed E-state index contributed by atoms with van der Waals surface area (Å²) in [5, 5.41) is 3.67. The van der Waals surface area contributed by atoms with Crippen molar-refractivity contribution in [1.29, 1.82) is 0 Å². The zero-order valence-corrected chi connectivity index (χ0v) is 14.8. The number of halogens is 1. The van der Waals surface area contributed by atoms with Crippen molar-refractivity contribution in [3.05, 3.63) is 53.1 Å². The molecule has 2 aliphatic heterocycles. The standard InChI is InChI=1S/C20H21ClN2O2/c21-16-3-8-19-14(12-16)11-15(13-25-19)20(24)22-17-4-6-18(7-5-17)23-9-1-2-10-23/h3-8,12,15H,1-2,9-11,13H2,(H,22,24). The number of anilines is 2. The first kappa shape index (κ1) is 16.3. The largest absolute Gasteiger partial charge is 0.492 e. The fraction of sp³-hybridized carbons (Fsp3) is 0.350. The lowest BCUT2D eigenvalue weighted by atomic mass is 9.96. The van der Waals surface area contributed by atoms with Crippen LogP contribution in [0.2, 0.25) is 5.02 Å². The molecule has 25 heavy (non-hydrogen) atoms. The number of nitrogens with one attached hydrogen (secondary N) is 1. The number of carbonyl (C=O) groups excluding carboxylic acids is 1. The van der Waals surface area contributed by atoms with Crippen LogP contribution in [0.3, 0.4) is 0 Å². The Morgan fingerprint density at radius 1 is 1.12 bits per heavy atom. The topological polar surface area (TPSA) is 41.6 Å². The second-order valence-corrected chi connectivity index (χ2v) is 7.13. The Bertz CT molecular complexity index is 770. The maximum Gasteiger partial charge on any atom is 0.231 e. The van der Waals surface area contributed by atoms with E-state index in [-0.39, 0.29) is 11.8 Å². The summed E-state index contributed by atoms with van der Waals surface area (Å²) in [7, 11) is 0. The normalized spacial score (nSPS) is 19.2. The van der Waals surface area contributed by atoms with Gasteiger partial charge in [-0.25, -0.2) is 0 Å². The zero-order valence-electron chi connectivity index (χ0n) is 14.0. The number of ether oxygens (including phenoxy) is 1. The molecule has 1 saturated heterocycles. The maximum absolute atomic E-state index is 12.6. The molecule has 2 aromatic rings. The van der Waals surface area contributed by atoms with Gasteiger partial charge in [0.25, 0.3) is 0 Å². The Morgan fingerprint density at radius 3 is 2.64 bits per heavy atom. The summed E-state index contributed by atoms with van der Waals surface area (Å²) in [6.07, 6.45) is 3.16. The molecule has 130 valence electrons. The van der Waals surface area contributed by atoms with Crippen LogP contribution in [0.5, 0.6) is 5.75 Å². The molecule has 1 amide bonds. The Labute approximate surface area is 152 Å². The molecule has 2 aromatic carbocycles. The maximum atomic E-state index is 12.6. The molecule has 0 bridgehead atoms. The summed E-state index contributed by atoms with van der Waals surface area (Å²) >= 11 is 6.04. The van der Waals surface area contributed by atoms with Gasteiger partial charge in [-0.3, -0.25) is 4.79 Å². The highest BCUT2D eigenvalue weighted by molar-refractivity contribution is 6.30. The predicted molar refractivity (Wildman–Crippen MR) is 101 cm³/mol. The number of benzene rings is 2. The van der Waals surface area contributed by atoms with Crippen molar-refractivity contribution in [2.24, 2.45) is 5.92 Å². The van der Waals surface area contributed by atoms with Crippen molar-refractivity contribution in [3.63, 3.8) is 0 Å². The van der Waals surface area contributed by atoms with Crippen LogP contribution in [0.25, 0.3) is 0 Å². The van der Waals surface area contributed by atoms with Crippen molar-refractivity contribution >= 4 is 28.9 Å². The van der Waals surface area contributed by atoms with Gasteiger partial charge in [-0.05, 0) is 67.3 Å². The Morgan fingerprint density at radius 2 is 1.88 bits per heavy atom. The monoisotopic (exact) mass is 356 g/mol. The molecular formula is C20H21ClN2O2. The summed E-state index contributed by atoms with van der Waals surface area (Å²) in [4.78, 5) is 14.9. The summed E-state index contributed by atoms with van der Waals surface area (Å²) in [5.74, 6) is 0.604. The summed E-state index contributed by atoms with van der Waals surface area (Å²) in [5.41, 5.74) is 3.04. The van der Waals surface area contributed by atoms with Gasteiger partial charge in [0.15, 0.2) is 0 Å². The number of nitrogens with zero attached hydrogens (tertiary/aromatic N) is 1. The van der Waals surface area contributed by atoms with Crippen LogP contribution in [0, 0.1) is 5.92 Å². The number of fused-ring (bicyclic) bond motifs is 1. The van der Waals surface area contributed by atoms with E-state index in [0.717, 1.165) is 30.1 Å². The van der Waals surface area contributed by atoms with E-state index in [4.69, 9.17) is 16.3 Å². The van der Waals surface area contributed by atoms with E-state index in [2.05, 4.69) is 22.3 Å². The van der Waals surface area contributed by atoms with Crippen molar-refractivity contribution in [2.45, 2.75) is 19.3 Å². The van der Waals surface area contributed by atoms with Crippen LogP contribution in [-0.4, -0.2) is 25.6 Å². The minimum atomic E-state index is -0.204. The molecule has 4 rings (SSSR count). The molecule has 5 heteroatoms. The number of rotatable bonds is 3. The van der Waals surface area contributed by atoms with E-state index < -0.39 is 0 Å². The summed E-state index contributed by atoms with van der Waals surface area (Å²) < 4.78 is 5.71. The fourth-order valence-corrected chi connectivity index (χ4v) is 3.70. The van der Waals surface area contributed by atoms with Crippen LogP contribution in [-0.2, 0) is 11.2 Å². The van der Waals surface area contributed by atoms with Gasteiger partial charge in [-0.2, -0.15) is 0 Å². The van der Waals surface area contributed by atoms with E-state index >= 15 is 0 Å². The van der Waals surface area contributed by atoms with E-state index in [0.29, 0.717) is 18.1 Å². The van der Waals surface area contributed by atoms with Crippen LogP contribution < -0.4 is 15.0 Å². The SMILES string of the molecule is O=C(Nc1ccc(N2CCCC2)cc1)C1COc2ccc(Cl)cc2C1. The molecule has 0 saturated carbocycles. The number of amides is 1. The smallest absolute Gasteiger partial charge is 0.231 e. The molecule has 1 N–H and O–H groups in total. The average molecular weight is 357 g/mol. The second kappa shape index (κ2) is 6.96. The van der Waals surface area contributed by atoms with E-state index in [1.165, 1.54) is 18.5 Å². The fourth-order valence-electron chi connectivity index (χ4n) is 3.51. The zero-order chi connectivity index (χ0) is 17.2. The van der Waals surface area contributed by atoms with Crippen LogP contribution in [0.4, 0.5) is 11.4 Å². The van der Waals surface area contributed by atoms with Crippen molar-refractivity contribution in [1.82, 2.24) is 0 Å². The Kier molecular flexibility index (Phi) is 4.53. The quantitative estimate of drug-likeness (QED) is 0.899. The van der Waals surface area contributed by atoms with Gasteiger partial charge in [-0.15, -0.1) is 0 Å². The second-order valence-electron chi connectivity index (χ2n) is 6.69. The molecule has 0 aromatic heterocycles. The van der Waals surface area contributed by atoms with E-state index in [1.807, 2.05) is 30.3 Å². The summed E-state index contributed by atoms with van der Waals surface area (Å²) in [6.45, 7) is 2.63. The third-order valence-corrected chi connectivity index (χ3v) is 5.14. The van der Waals surface area contributed by atoms with E-state index in [1.54, 1.807) is 0 Å². The molecule has 0 aliphatic carbocycles. The van der Waals surface area contributed by atoms with Gasteiger partial charge in [0.2, 0.25) is 5.91 Å². The van der Waals surface area contributed by atoms with Crippen molar-refractivity contribution in [3.8, 4) is 5.75 Å². The molecule has 2 aliphatic rings. The van der Waals surface area contributed by atoms with Gasteiger partial charge in [0.05, 0.1) is 5.92 Å². The third kappa shape index (κ3) is 3.59. The molecule has 1 fully saturated rings. The minimum absolute atomic E-state index is 0.0143.